The van der Waals surface area contributed by atoms with Crippen LogP contribution in [0.25, 0.3) is 50.8 Å². The lowest BCUT2D eigenvalue weighted by Crippen LogP contribution is -2.41. The molecule has 0 saturated heterocycles. The molecule has 26 heteroatoms. The van der Waals surface area contributed by atoms with Crippen LogP contribution in [0.5, 0.6) is 0 Å². The molecule has 0 bridgehead atoms. The summed E-state index contributed by atoms with van der Waals surface area (Å²) in [5.74, 6) is 1.24. The molecule has 0 fully saturated rings. The maximum Gasteiger partial charge on any atom is 0.418 e. The predicted molar refractivity (Wildman–Crippen MR) is 367 cm³/mol. The van der Waals surface area contributed by atoms with E-state index >= 15 is 0 Å². The zero-order chi connectivity index (χ0) is 67.3. The van der Waals surface area contributed by atoms with Crippen LogP contribution in [-0.2, 0) is 32.0 Å². The molecule has 6 aromatic carbocycles. The van der Waals surface area contributed by atoms with Gasteiger partial charge < -0.3 is 16.0 Å². The van der Waals surface area contributed by atoms with Crippen LogP contribution in [0.15, 0.2) is 233 Å². The summed E-state index contributed by atoms with van der Waals surface area (Å²) < 4.78 is 44.7. The smallest absolute Gasteiger partial charge is 0.334 e. The molecule has 15 rings (SSSR count). The van der Waals surface area contributed by atoms with Crippen molar-refractivity contribution < 1.29 is 27.6 Å². The number of anilines is 5. The fourth-order valence-electron chi connectivity index (χ4n) is 11.7. The van der Waals surface area contributed by atoms with Crippen molar-refractivity contribution in [1.82, 2.24) is 49.6 Å². The third-order valence-electron chi connectivity index (χ3n) is 16.3. The number of benzene rings is 6. The quantitative estimate of drug-likeness (QED) is 0.0886. The highest BCUT2D eigenvalue weighted by molar-refractivity contribution is 6.31. The third kappa shape index (κ3) is 13.3. The van der Waals surface area contributed by atoms with Gasteiger partial charge in [-0.15, -0.1) is 0 Å². The average Bonchev–Trinajstić information content (AvgIpc) is 1.64. The number of aromatic amines is 3. The van der Waals surface area contributed by atoms with E-state index in [1.165, 1.54) is 43.3 Å². The van der Waals surface area contributed by atoms with Crippen LogP contribution in [0.2, 0.25) is 10.0 Å². The van der Waals surface area contributed by atoms with Gasteiger partial charge in [0.2, 0.25) is 0 Å². The molecule has 6 N–H and O–H groups in total. The Balaban J connectivity index is 0.000000131. The first-order chi connectivity index (χ1) is 47.1. The second-order valence-electron chi connectivity index (χ2n) is 22.4. The molecule has 9 heterocycles. The highest BCUT2D eigenvalue weighted by Gasteiger charge is 2.36. The number of urea groups is 3. The van der Waals surface area contributed by atoms with Crippen molar-refractivity contribution in [2.24, 2.45) is 0 Å². The first kappa shape index (κ1) is 63.7. The molecule has 0 unspecified atom stereocenters. The highest BCUT2D eigenvalue weighted by Crippen LogP contribution is 2.38. The molecule has 6 amide bonds. The molecule has 0 spiro atoms. The van der Waals surface area contributed by atoms with Gasteiger partial charge in [-0.3, -0.25) is 44.4 Å². The number of aromatic nitrogens is 9. The van der Waals surface area contributed by atoms with Crippen LogP contribution in [0.3, 0.4) is 0 Å². The minimum Gasteiger partial charge on any atom is -0.334 e. The molecule has 97 heavy (non-hydrogen) atoms. The summed E-state index contributed by atoms with van der Waals surface area (Å²) in [5, 5.41) is 18.9. The van der Waals surface area contributed by atoms with Crippen molar-refractivity contribution in [1.29, 1.82) is 0 Å². The normalized spacial score (nSPS) is 12.8. The maximum absolute atomic E-state index is 13.4. The van der Waals surface area contributed by atoms with E-state index in [0.717, 1.165) is 23.0 Å². The predicted octanol–water partition coefficient (Wildman–Crippen LogP) is 13.5. The van der Waals surface area contributed by atoms with E-state index in [-0.39, 0.29) is 53.2 Å². The number of nitrogens with zero attached hydrogens (tertiary/aromatic N) is 9. The molecule has 12 aromatic rings. The van der Waals surface area contributed by atoms with E-state index in [0.29, 0.717) is 116 Å². The minimum atomic E-state index is -4.63. The topological polar surface area (TPSA) is 249 Å². The number of nitrogens with one attached hydrogen (secondary N) is 6. The molecule has 486 valence electrons. The molecule has 0 atom stereocenters. The van der Waals surface area contributed by atoms with Crippen molar-refractivity contribution in [3.63, 3.8) is 0 Å². The lowest BCUT2D eigenvalue weighted by molar-refractivity contribution is -0.136. The summed E-state index contributed by atoms with van der Waals surface area (Å²) in [6.45, 7) is 1.07. The number of carbonyl (C=O) groups is 3. The lowest BCUT2D eigenvalue weighted by atomic mass is 10.1. The molecular weight excluding hydrogens is 1290 g/mol. The fraction of sp³-hybridized carbons (Fsp3) is 0.113. The number of halogens is 5. The Morgan fingerprint density at radius 1 is 0.443 bits per heavy atom. The van der Waals surface area contributed by atoms with Crippen LogP contribution in [0.4, 0.5) is 56.4 Å². The number of H-pyrrole nitrogens is 3. The average molecular weight is 1340 g/mol. The van der Waals surface area contributed by atoms with E-state index in [1.807, 2.05) is 103 Å². The molecule has 0 radical (unpaired) electrons. The lowest BCUT2D eigenvalue weighted by Gasteiger charge is -2.23. The number of hydrogen-bond donors (Lipinski definition) is 6. The van der Waals surface area contributed by atoms with Gasteiger partial charge in [-0.25, -0.2) is 43.4 Å². The largest absolute Gasteiger partial charge is 0.418 e. The number of para-hydroxylation sites is 4. The Morgan fingerprint density at radius 2 is 0.845 bits per heavy atom. The number of hydrogen-bond acceptors (Lipinski definition) is 9. The number of rotatable bonds is 7. The number of carbonyl (C=O) groups excluding carboxylic acids is 3. The molecular formula is C71H56Cl2F3N15O6. The van der Waals surface area contributed by atoms with Crippen LogP contribution in [-0.4, -0.2) is 82.0 Å². The van der Waals surface area contributed by atoms with Crippen LogP contribution < -0.4 is 47.3 Å². The van der Waals surface area contributed by atoms with Gasteiger partial charge in [0.15, 0.2) is 0 Å². The molecule has 21 nitrogen and oxygen atoms in total. The second-order valence-corrected chi connectivity index (χ2v) is 23.2. The molecule has 6 aromatic heterocycles. The fourth-order valence-corrected chi connectivity index (χ4v) is 12.0. The van der Waals surface area contributed by atoms with Crippen LogP contribution in [0, 0.1) is 0 Å². The zero-order valence-electron chi connectivity index (χ0n) is 51.1. The maximum atomic E-state index is 13.4. The number of pyridine rings is 3. The Morgan fingerprint density at radius 3 is 1.27 bits per heavy atom. The summed E-state index contributed by atoms with van der Waals surface area (Å²) in [6, 6.07) is 56.2. The van der Waals surface area contributed by atoms with Crippen LogP contribution >= 0.6 is 23.2 Å². The SMILES string of the molecule is O=C(NCc1ccc(Cl)cc1)N1CCc2c([nH]n(-c3ccccc3)c2=O)-c2cccnc21.O=C(Nc1cccc(Cl)c1)N1CCc2c([nH]n(-c3ccccc3)c2=O)-c2cccnc21.O=C(Nc1ccccc1C(F)(F)F)N1CCc2c([nH]n(-c3ccccc3)c2=O)-c2cccnc21. The standard InChI is InChI=1S/C24H20ClN5O2.C24H18F3N5O2.C23H18ClN5O2/c25-17-10-8-16(9-11-17)15-27-24(32)29-14-12-20-21(19-7-4-13-26-22(19)29)28-30(23(20)31)18-5-2-1-3-6-18;25-24(26,27)18-10-4-5-11-19(18)29-23(34)31-14-12-17-20(16-9-6-13-28-21(16)31)30-32(22(17)33)15-7-2-1-3-8-15;24-15-6-4-7-16(14-15)26-23(31)28-13-11-19-20(18-10-5-12-25-21(18)28)27-29(22(19)30)17-8-2-1-3-9-17/h1-11,13,28H,12,14-15H2,(H,27,32);1-11,13,30H,12,14H2,(H,29,34);1-10,12,14,27H,11,13H2,(H,26,31). The van der Waals surface area contributed by atoms with Crippen molar-refractivity contribution in [2.45, 2.75) is 32.0 Å². The van der Waals surface area contributed by atoms with Gasteiger partial charge in [-0.1, -0.05) is 108 Å². The number of alkyl halides is 3. The summed E-state index contributed by atoms with van der Waals surface area (Å²) in [4.78, 5) is 96.4. The van der Waals surface area contributed by atoms with Gasteiger partial charge in [0.25, 0.3) is 16.7 Å². The summed E-state index contributed by atoms with van der Waals surface area (Å²) in [7, 11) is 0. The van der Waals surface area contributed by atoms with Gasteiger partial charge in [-0.05, 0) is 140 Å². The van der Waals surface area contributed by atoms with Gasteiger partial charge in [-0.2, -0.15) is 13.2 Å². The summed E-state index contributed by atoms with van der Waals surface area (Å²) >= 11 is 12.0. The van der Waals surface area contributed by atoms with Gasteiger partial charge in [0, 0.05) is 93.9 Å². The second kappa shape index (κ2) is 27.5. The van der Waals surface area contributed by atoms with Crippen molar-refractivity contribution in [3.8, 4) is 50.8 Å². The van der Waals surface area contributed by atoms with Crippen molar-refractivity contribution in [3.05, 3.63) is 288 Å². The number of amides is 6. The minimum absolute atomic E-state index is 0.0545. The Kier molecular flexibility index (Phi) is 18.1. The molecule has 3 aliphatic heterocycles. The van der Waals surface area contributed by atoms with E-state index in [1.54, 1.807) is 95.0 Å². The molecule has 0 saturated carbocycles. The van der Waals surface area contributed by atoms with Gasteiger partial charge in [0.05, 0.1) is 45.4 Å². The highest BCUT2D eigenvalue weighted by atomic mass is 35.5. The monoisotopic (exact) mass is 1340 g/mol. The Labute approximate surface area is 560 Å². The Bertz CT molecular complexity index is 5100. The first-order valence-corrected chi connectivity index (χ1v) is 31.3. The van der Waals surface area contributed by atoms with E-state index < -0.39 is 17.8 Å². The van der Waals surface area contributed by atoms with E-state index in [4.69, 9.17) is 23.2 Å². The van der Waals surface area contributed by atoms with Crippen LogP contribution in [0.1, 0.15) is 27.8 Å². The Hall–Kier alpha value is -12.0. The summed E-state index contributed by atoms with van der Waals surface area (Å²) in [6.07, 6.45) is 1.14. The van der Waals surface area contributed by atoms with Crippen molar-refractivity contribution >= 4 is 70.1 Å². The summed E-state index contributed by atoms with van der Waals surface area (Å²) in [5.41, 5.74) is 7.39. The molecule has 0 aliphatic carbocycles. The van der Waals surface area contributed by atoms with Gasteiger partial charge in [0.1, 0.15) is 17.5 Å². The number of fused-ring (bicyclic) bond motifs is 9. The van der Waals surface area contributed by atoms with Crippen molar-refractivity contribution in [2.75, 3.05) is 45.0 Å². The third-order valence-corrected chi connectivity index (χ3v) is 16.8. The van der Waals surface area contributed by atoms with E-state index in [2.05, 4.69) is 46.2 Å². The molecule has 3 aliphatic rings. The zero-order valence-corrected chi connectivity index (χ0v) is 52.6. The first-order valence-electron chi connectivity index (χ1n) is 30.5. The van der Waals surface area contributed by atoms with Gasteiger partial charge >= 0.3 is 24.3 Å². The van der Waals surface area contributed by atoms with E-state index in [9.17, 15) is 41.9 Å².